The number of rotatable bonds is 12. The van der Waals surface area contributed by atoms with Gasteiger partial charge in [0.15, 0.2) is 0 Å². The van der Waals surface area contributed by atoms with E-state index in [0.717, 1.165) is 55.0 Å². The minimum absolute atomic E-state index is 0.169. The van der Waals surface area contributed by atoms with Crippen LogP contribution in [0.5, 0.6) is 0 Å². The molecule has 0 bridgehead atoms. The van der Waals surface area contributed by atoms with E-state index in [2.05, 4.69) is 16.0 Å². The Kier molecular flexibility index (Phi) is 12.3. The first-order chi connectivity index (χ1) is 21.6. The Bertz CT molecular complexity index is 1330. The van der Waals surface area contributed by atoms with E-state index in [-0.39, 0.29) is 30.3 Å². The Balaban J connectivity index is 1.65. The molecule has 6 atom stereocenters. The van der Waals surface area contributed by atoms with E-state index in [1.807, 2.05) is 44.3 Å². The van der Waals surface area contributed by atoms with Crippen LogP contribution < -0.4 is 20.8 Å². The molecule has 1 aromatic heterocycles. The van der Waals surface area contributed by atoms with Gasteiger partial charge in [-0.25, -0.2) is 0 Å². The van der Waals surface area contributed by atoms with Gasteiger partial charge in [-0.05, 0) is 56.6 Å². The molecule has 0 spiro atoms. The van der Waals surface area contributed by atoms with Crippen LogP contribution in [0.3, 0.4) is 0 Å². The molecule has 2 aliphatic heterocycles. The Morgan fingerprint density at radius 2 is 1.64 bits per heavy atom. The molecule has 4 N–H and O–H groups in total. The van der Waals surface area contributed by atoms with Gasteiger partial charge < -0.3 is 30.8 Å². The lowest BCUT2D eigenvalue weighted by Gasteiger charge is -2.39. The zero-order valence-corrected chi connectivity index (χ0v) is 27.2. The molecule has 0 saturated carbocycles. The minimum atomic E-state index is -0.991. The lowest BCUT2D eigenvalue weighted by molar-refractivity contribution is -0.147. The molecule has 2 fully saturated rings. The van der Waals surface area contributed by atoms with Crippen molar-refractivity contribution in [3.8, 4) is 0 Å². The number of nitrogens with zero attached hydrogens (tertiary/aromatic N) is 2. The standard InChI is InChI=1S/C34H51N5O6/c1-5-22(2)30-34(44)38-19-13-12-18-29(38)33(43)35-26(16-9-7-6-8-14-23(3)40)31(41)36-27(32(42)37-30)20-24-21-39(45-4)28-17-11-10-15-25(24)28/h10-11,15,17,21-23,26-27,29-30,40H,5-9,12-14,16,18-20H2,1-4H3,(H,35,43)(H,36,41)(H,37,42)/t22?,23?,26-,27-,29+,30-/m0/s1. The van der Waals surface area contributed by atoms with Crippen molar-refractivity contribution in [1.82, 2.24) is 25.6 Å². The SMILES string of the molecule is CCC(C)[C@@H]1NC(=O)[C@H](Cc2cn(OC)c3ccccc23)NC(=O)[C@H](CCCCCCC(C)O)NC(=O)[C@H]2CCCCN2C1=O. The Morgan fingerprint density at radius 1 is 0.933 bits per heavy atom. The second-order valence-electron chi connectivity index (χ2n) is 12.8. The van der Waals surface area contributed by atoms with E-state index in [1.165, 1.54) is 0 Å². The van der Waals surface area contributed by atoms with Gasteiger partial charge in [-0.15, -0.1) is 0 Å². The predicted molar refractivity (Wildman–Crippen MR) is 172 cm³/mol. The number of carbonyl (C=O) groups excluding carboxylic acids is 4. The van der Waals surface area contributed by atoms with Crippen LogP contribution in [0.4, 0.5) is 0 Å². The minimum Gasteiger partial charge on any atom is -0.417 e. The highest BCUT2D eigenvalue weighted by Crippen LogP contribution is 2.24. The maximum atomic E-state index is 14.0. The van der Waals surface area contributed by atoms with Crippen LogP contribution >= 0.6 is 0 Å². The summed E-state index contributed by atoms with van der Waals surface area (Å²) in [5.41, 5.74) is 1.64. The molecule has 1 aromatic carbocycles. The summed E-state index contributed by atoms with van der Waals surface area (Å²) < 4.78 is 1.63. The summed E-state index contributed by atoms with van der Waals surface area (Å²) in [4.78, 5) is 62.8. The van der Waals surface area contributed by atoms with Crippen molar-refractivity contribution in [2.45, 2.75) is 122 Å². The Morgan fingerprint density at radius 3 is 2.38 bits per heavy atom. The number of nitrogens with one attached hydrogen (secondary N) is 3. The van der Waals surface area contributed by atoms with Crippen LogP contribution in [0.15, 0.2) is 30.5 Å². The highest BCUT2D eigenvalue weighted by molar-refractivity contribution is 5.98. The predicted octanol–water partition coefficient (Wildman–Crippen LogP) is 2.86. The van der Waals surface area contributed by atoms with Crippen molar-refractivity contribution in [1.29, 1.82) is 0 Å². The normalized spacial score (nSPS) is 24.5. The molecule has 2 unspecified atom stereocenters. The largest absolute Gasteiger partial charge is 0.417 e. The molecule has 2 aromatic rings. The van der Waals surface area contributed by atoms with Gasteiger partial charge in [0.05, 0.1) is 11.6 Å². The second kappa shape index (κ2) is 16.1. The highest BCUT2D eigenvalue weighted by Gasteiger charge is 2.40. The number of hydrogen-bond donors (Lipinski definition) is 4. The Hall–Kier alpha value is -3.60. The molecule has 2 saturated heterocycles. The monoisotopic (exact) mass is 625 g/mol. The maximum absolute atomic E-state index is 14.0. The number of aromatic nitrogens is 1. The smallest absolute Gasteiger partial charge is 0.246 e. The fourth-order valence-electron chi connectivity index (χ4n) is 6.50. The third-order valence-electron chi connectivity index (χ3n) is 9.38. The highest BCUT2D eigenvalue weighted by atomic mass is 16.6. The lowest BCUT2D eigenvalue weighted by Crippen LogP contribution is -2.64. The number of unbranched alkanes of at least 4 members (excludes halogenated alkanes) is 3. The van der Waals surface area contributed by atoms with E-state index in [0.29, 0.717) is 32.2 Å². The van der Waals surface area contributed by atoms with E-state index < -0.39 is 36.0 Å². The van der Waals surface area contributed by atoms with E-state index in [9.17, 15) is 24.3 Å². The first kappa shape index (κ1) is 34.3. The number of piperidine rings is 1. The van der Waals surface area contributed by atoms with Crippen LogP contribution in [0.1, 0.15) is 90.5 Å². The molecule has 2 aliphatic rings. The average molecular weight is 626 g/mol. The first-order valence-electron chi connectivity index (χ1n) is 16.7. The Labute approximate surface area is 266 Å². The van der Waals surface area contributed by atoms with Crippen LogP contribution in [0.2, 0.25) is 0 Å². The second-order valence-corrected chi connectivity index (χ2v) is 12.8. The van der Waals surface area contributed by atoms with Gasteiger partial charge in [-0.1, -0.05) is 64.2 Å². The van der Waals surface area contributed by atoms with Gasteiger partial charge in [0.25, 0.3) is 0 Å². The van der Waals surface area contributed by atoms with Gasteiger partial charge in [-0.3, -0.25) is 19.2 Å². The van der Waals surface area contributed by atoms with Crippen molar-refractivity contribution in [3.63, 3.8) is 0 Å². The van der Waals surface area contributed by atoms with E-state index >= 15 is 0 Å². The van der Waals surface area contributed by atoms with E-state index in [4.69, 9.17) is 4.84 Å². The number of aliphatic hydroxyl groups excluding tert-OH is 1. The molecule has 0 radical (unpaired) electrons. The first-order valence-corrected chi connectivity index (χ1v) is 16.7. The maximum Gasteiger partial charge on any atom is 0.246 e. The number of fused-ring (bicyclic) bond motifs is 2. The molecule has 11 nitrogen and oxygen atoms in total. The van der Waals surface area contributed by atoms with Crippen molar-refractivity contribution < 1.29 is 29.1 Å². The van der Waals surface area contributed by atoms with Crippen molar-refractivity contribution >= 4 is 34.5 Å². The molecule has 4 rings (SSSR count). The summed E-state index contributed by atoms with van der Waals surface area (Å²) in [6, 6.07) is 4.31. The van der Waals surface area contributed by atoms with Crippen LogP contribution in [0.25, 0.3) is 10.9 Å². The quantitative estimate of drug-likeness (QED) is 0.267. The van der Waals surface area contributed by atoms with Crippen molar-refractivity contribution in [2.75, 3.05) is 13.7 Å². The zero-order valence-electron chi connectivity index (χ0n) is 27.2. The summed E-state index contributed by atoms with van der Waals surface area (Å²) in [5, 5.41) is 19.4. The molecule has 45 heavy (non-hydrogen) atoms. The molecule has 248 valence electrons. The van der Waals surface area contributed by atoms with E-state index in [1.54, 1.807) is 23.7 Å². The fourth-order valence-corrected chi connectivity index (χ4v) is 6.50. The topological polar surface area (TPSA) is 142 Å². The van der Waals surface area contributed by atoms with Gasteiger partial charge >= 0.3 is 0 Å². The van der Waals surface area contributed by atoms with Crippen molar-refractivity contribution in [3.05, 3.63) is 36.0 Å². The van der Waals surface area contributed by atoms with Gasteiger partial charge in [0, 0.05) is 24.5 Å². The molecular weight excluding hydrogens is 574 g/mol. The number of benzene rings is 1. The number of carbonyl (C=O) groups is 4. The third kappa shape index (κ3) is 8.56. The van der Waals surface area contributed by atoms with Gasteiger partial charge in [0.2, 0.25) is 23.6 Å². The van der Waals surface area contributed by atoms with Crippen LogP contribution in [-0.2, 0) is 25.6 Å². The molecule has 3 heterocycles. The van der Waals surface area contributed by atoms with Crippen LogP contribution in [-0.4, -0.2) is 82.3 Å². The summed E-state index contributed by atoms with van der Waals surface area (Å²) in [7, 11) is 1.56. The molecular formula is C34H51N5O6. The fraction of sp³-hybridized carbons (Fsp3) is 0.647. The molecule has 4 amide bonds. The number of para-hydroxylation sites is 1. The zero-order chi connectivity index (χ0) is 32.5. The summed E-state index contributed by atoms with van der Waals surface area (Å²) in [6.45, 7) is 6.09. The number of hydrogen-bond acceptors (Lipinski definition) is 6. The average Bonchev–Trinajstić information content (AvgIpc) is 3.40. The van der Waals surface area contributed by atoms with Gasteiger partial charge in [-0.2, -0.15) is 4.73 Å². The number of amides is 4. The van der Waals surface area contributed by atoms with Gasteiger partial charge in [0.1, 0.15) is 31.3 Å². The molecule has 0 aliphatic carbocycles. The summed E-state index contributed by atoms with van der Waals surface area (Å²) in [6.07, 6.45) is 8.83. The number of aliphatic hydroxyl groups is 1. The lowest BCUT2D eigenvalue weighted by atomic mass is 9.93. The summed E-state index contributed by atoms with van der Waals surface area (Å²) >= 11 is 0. The van der Waals surface area contributed by atoms with Crippen LogP contribution in [0, 0.1) is 5.92 Å². The third-order valence-corrected chi connectivity index (χ3v) is 9.38. The van der Waals surface area contributed by atoms with Crippen molar-refractivity contribution in [2.24, 2.45) is 5.92 Å². The molecule has 11 heteroatoms. The summed E-state index contributed by atoms with van der Waals surface area (Å²) in [5.74, 6) is -1.62.